The summed E-state index contributed by atoms with van der Waals surface area (Å²) in [7, 11) is 3.10. The van der Waals surface area contributed by atoms with Crippen molar-refractivity contribution in [1.29, 1.82) is 0 Å². The van der Waals surface area contributed by atoms with Gasteiger partial charge in [-0.25, -0.2) is 0 Å². The van der Waals surface area contributed by atoms with Crippen LogP contribution in [0.25, 0.3) is 0 Å². The van der Waals surface area contributed by atoms with Gasteiger partial charge >= 0.3 is 0 Å². The fourth-order valence-electron chi connectivity index (χ4n) is 4.07. The lowest BCUT2D eigenvalue weighted by molar-refractivity contribution is -0.143. The maximum absolute atomic E-state index is 13.8. The SMILES string of the molecule is COc1cc(OC)cc(OCC(=O)N(Cc2ccccc2C)[C@H](Cc2ccccc2)C(=O)NC(C)(C)C)c1. The van der Waals surface area contributed by atoms with Crippen molar-refractivity contribution in [2.45, 2.75) is 52.2 Å². The summed E-state index contributed by atoms with van der Waals surface area (Å²) >= 11 is 0. The molecule has 0 aliphatic carbocycles. The van der Waals surface area contributed by atoms with Crippen molar-refractivity contribution in [2.75, 3.05) is 20.8 Å². The number of benzene rings is 3. The molecule has 0 radical (unpaired) electrons. The molecule has 1 atom stereocenters. The van der Waals surface area contributed by atoms with Crippen molar-refractivity contribution in [3.05, 3.63) is 89.5 Å². The predicted molar refractivity (Wildman–Crippen MR) is 149 cm³/mol. The second kappa shape index (κ2) is 13.0. The second-order valence-corrected chi connectivity index (χ2v) is 10.2. The molecule has 7 nitrogen and oxygen atoms in total. The first-order valence-corrected chi connectivity index (χ1v) is 12.7. The molecule has 0 spiro atoms. The maximum Gasteiger partial charge on any atom is 0.261 e. The van der Waals surface area contributed by atoms with Gasteiger partial charge in [0.15, 0.2) is 6.61 Å². The summed E-state index contributed by atoms with van der Waals surface area (Å²) in [6, 6.07) is 22.0. The number of amides is 2. The van der Waals surface area contributed by atoms with Crippen LogP contribution in [-0.4, -0.2) is 49.1 Å². The lowest BCUT2D eigenvalue weighted by Gasteiger charge is -2.34. The van der Waals surface area contributed by atoms with Gasteiger partial charge < -0.3 is 24.4 Å². The standard InChI is InChI=1S/C31H38N2O5/c1-22-12-10-11-15-24(22)20-33(29(34)21-38-27-18-25(36-5)17-26(19-27)37-6)28(30(35)32-31(2,3)4)16-23-13-8-7-9-14-23/h7-15,17-19,28H,16,20-21H2,1-6H3,(H,32,35)/t28-/m1/s1. The quantitative estimate of drug-likeness (QED) is 0.389. The summed E-state index contributed by atoms with van der Waals surface area (Å²) in [6.07, 6.45) is 0.368. The van der Waals surface area contributed by atoms with Gasteiger partial charge in [-0.15, -0.1) is 0 Å². The zero-order chi connectivity index (χ0) is 27.7. The van der Waals surface area contributed by atoms with Crippen LogP contribution in [0.15, 0.2) is 72.8 Å². The van der Waals surface area contributed by atoms with Crippen LogP contribution in [-0.2, 0) is 22.6 Å². The summed E-state index contributed by atoms with van der Waals surface area (Å²) in [4.78, 5) is 29.1. The highest BCUT2D eigenvalue weighted by atomic mass is 16.5. The number of nitrogens with one attached hydrogen (secondary N) is 1. The van der Waals surface area contributed by atoms with Crippen LogP contribution in [0.3, 0.4) is 0 Å². The van der Waals surface area contributed by atoms with Crippen LogP contribution in [0, 0.1) is 6.92 Å². The Morgan fingerprint density at radius 1 is 0.868 bits per heavy atom. The van der Waals surface area contributed by atoms with E-state index in [1.807, 2.05) is 82.3 Å². The molecule has 0 saturated carbocycles. The summed E-state index contributed by atoms with van der Waals surface area (Å²) < 4.78 is 16.5. The van der Waals surface area contributed by atoms with Crippen LogP contribution in [0.1, 0.15) is 37.5 Å². The maximum atomic E-state index is 13.8. The Kier molecular flexibility index (Phi) is 9.77. The Morgan fingerprint density at radius 3 is 2.03 bits per heavy atom. The van der Waals surface area contributed by atoms with Crippen LogP contribution in [0.4, 0.5) is 0 Å². The number of rotatable bonds is 11. The van der Waals surface area contributed by atoms with Crippen molar-refractivity contribution in [1.82, 2.24) is 10.2 Å². The zero-order valence-electron chi connectivity index (χ0n) is 23.1. The van der Waals surface area contributed by atoms with Gasteiger partial charge in [0, 0.05) is 36.7 Å². The van der Waals surface area contributed by atoms with Crippen LogP contribution in [0.2, 0.25) is 0 Å². The van der Waals surface area contributed by atoms with E-state index in [2.05, 4.69) is 5.32 Å². The molecule has 3 aromatic carbocycles. The van der Waals surface area contributed by atoms with E-state index in [0.717, 1.165) is 16.7 Å². The van der Waals surface area contributed by atoms with Crippen molar-refractivity contribution in [3.63, 3.8) is 0 Å². The molecule has 38 heavy (non-hydrogen) atoms. The molecule has 0 aliphatic rings. The second-order valence-electron chi connectivity index (χ2n) is 10.2. The first-order valence-electron chi connectivity index (χ1n) is 12.7. The number of carbonyl (C=O) groups is 2. The minimum atomic E-state index is -0.743. The van der Waals surface area contributed by atoms with Gasteiger partial charge in [-0.3, -0.25) is 9.59 Å². The molecule has 7 heteroatoms. The van der Waals surface area contributed by atoms with E-state index in [1.54, 1.807) is 37.3 Å². The first kappa shape index (κ1) is 28.6. The molecular formula is C31H38N2O5. The molecule has 0 aliphatic heterocycles. The lowest BCUT2D eigenvalue weighted by Crippen LogP contribution is -2.55. The largest absolute Gasteiger partial charge is 0.496 e. The average molecular weight is 519 g/mol. The summed E-state index contributed by atoms with van der Waals surface area (Å²) in [5.74, 6) is 1.01. The predicted octanol–water partition coefficient (Wildman–Crippen LogP) is 4.95. The first-order chi connectivity index (χ1) is 18.1. The van der Waals surface area contributed by atoms with E-state index < -0.39 is 11.6 Å². The molecule has 0 aromatic heterocycles. The monoisotopic (exact) mass is 518 g/mol. The molecule has 0 heterocycles. The van der Waals surface area contributed by atoms with Crippen LogP contribution < -0.4 is 19.5 Å². The Morgan fingerprint density at radius 2 is 1.45 bits per heavy atom. The van der Waals surface area contributed by atoms with Gasteiger partial charge in [0.1, 0.15) is 23.3 Å². The van der Waals surface area contributed by atoms with Crippen molar-refractivity contribution < 1.29 is 23.8 Å². The van der Waals surface area contributed by atoms with Gasteiger partial charge in [0.05, 0.1) is 14.2 Å². The minimum absolute atomic E-state index is 0.216. The van der Waals surface area contributed by atoms with Gasteiger partial charge in [-0.05, 0) is 44.4 Å². The molecule has 3 aromatic rings. The van der Waals surface area contributed by atoms with Gasteiger partial charge in [-0.2, -0.15) is 0 Å². The fourth-order valence-corrected chi connectivity index (χ4v) is 4.07. The normalized spacial score (nSPS) is 11.8. The summed E-state index contributed by atoms with van der Waals surface area (Å²) in [5, 5.41) is 3.07. The molecule has 3 rings (SSSR count). The molecule has 1 N–H and O–H groups in total. The van der Waals surface area contributed by atoms with Gasteiger partial charge in [0.2, 0.25) is 5.91 Å². The molecule has 202 valence electrons. The van der Waals surface area contributed by atoms with Gasteiger partial charge in [-0.1, -0.05) is 54.6 Å². The lowest BCUT2D eigenvalue weighted by atomic mass is 10.00. The summed E-state index contributed by atoms with van der Waals surface area (Å²) in [6.45, 7) is 7.80. The van der Waals surface area contributed by atoms with E-state index in [4.69, 9.17) is 14.2 Å². The highest BCUT2D eigenvalue weighted by Crippen LogP contribution is 2.27. The third kappa shape index (κ3) is 8.26. The van der Waals surface area contributed by atoms with Crippen molar-refractivity contribution in [3.8, 4) is 17.2 Å². The number of hydrogen-bond acceptors (Lipinski definition) is 5. The highest BCUT2D eigenvalue weighted by molar-refractivity contribution is 5.89. The van der Waals surface area contributed by atoms with Crippen LogP contribution in [0.5, 0.6) is 17.2 Å². The molecular weight excluding hydrogens is 480 g/mol. The number of nitrogens with zero attached hydrogens (tertiary/aromatic N) is 1. The Balaban J connectivity index is 1.95. The van der Waals surface area contributed by atoms with E-state index in [0.29, 0.717) is 23.7 Å². The number of carbonyl (C=O) groups excluding carboxylic acids is 2. The molecule has 0 unspecified atom stereocenters. The Labute approximate surface area is 225 Å². The topological polar surface area (TPSA) is 77.1 Å². The number of ether oxygens (including phenoxy) is 3. The van der Waals surface area contributed by atoms with Crippen molar-refractivity contribution >= 4 is 11.8 Å². The number of methoxy groups -OCH3 is 2. The summed E-state index contributed by atoms with van der Waals surface area (Å²) in [5.41, 5.74) is 2.50. The Hall–Kier alpha value is -4.00. The van der Waals surface area contributed by atoms with Crippen molar-refractivity contribution in [2.24, 2.45) is 0 Å². The number of hydrogen-bond donors (Lipinski definition) is 1. The zero-order valence-corrected chi connectivity index (χ0v) is 23.1. The molecule has 0 fully saturated rings. The fraction of sp³-hybridized carbons (Fsp3) is 0.355. The minimum Gasteiger partial charge on any atom is -0.496 e. The Bertz CT molecular complexity index is 1200. The highest BCUT2D eigenvalue weighted by Gasteiger charge is 2.32. The number of aryl methyl sites for hydroxylation is 1. The third-order valence-corrected chi connectivity index (χ3v) is 6.06. The molecule has 2 amide bonds. The van der Waals surface area contributed by atoms with E-state index in [-0.39, 0.29) is 25.0 Å². The van der Waals surface area contributed by atoms with Gasteiger partial charge in [0.25, 0.3) is 5.91 Å². The van der Waals surface area contributed by atoms with E-state index >= 15 is 0 Å². The molecule has 0 bridgehead atoms. The smallest absolute Gasteiger partial charge is 0.261 e. The van der Waals surface area contributed by atoms with Crippen LogP contribution >= 0.6 is 0 Å². The average Bonchev–Trinajstić information content (AvgIpc) is 2.89. The van der Waals surface area contributed by atoms with E-state index in [9.17, 15) is 9.59 Å². The molecule has 0 saturated heterocycles. The van der Waals surface area contributed by atoms with E-state index in [1.165, 1.54) is 0 Å². The third-order valence-electron chi connectivity index (χ3n) is 6.06.